The van der Waals surface area contributed by atoms with E-state index in [1.807, 2.05) is 4.57 Å². The number of hydrogen-bond acceptors (Lipinski definition) is 4. The molecule has 0 aliphatic carbocycles. The highest BCUT2D eigenvalue weighted by atomic mass is 35.5. The van der Waals surface area contributed by atoms with Crippen molar-refractivity contribution in [2.75, 3.05) is 20.3 Å². The summed E-state index contributed by atoms with van der Waals surface area (Å²) in [6.45, 7) is 8.21. The lowest BCUT2D eigenvalue weighted by molar-refractivity contribution is -0.0303. The molecule has 1 fully saturated rings. The molecule has 1 unspecified atom stereocenters. The summed E-state index contributed by atoms with van der Waals surface area (Å²) < 4.78 is 13.0. The average Bonchev–Trinajstić information content (AvgIpc) is 2.87. The summed E-state index contributed by atoms with van der Waals surface area (Å²) in [4.78, 5) is 0. The molecule has 2 rings (SSSR count). The Morgan fingerprint density at radius 1 is 1.44 bits per heavy atom. The van der Waals surface area contributed by atoms with Gasteiger partial charge in [0.1, 0.15) is 11.4 Å². The zero-order valence-electron chi connectivity index (χ0n) is 11.4. The molecule has 1 aromatic rings. The predicted molar refractivity (Wildman–Crippen MR) is 68.9 cm³/mol. The first-order valence-corrected chi connectivity index (χ1v) is 6.48. The van der Waals surface area contributed by atoms with Gasteiger partial charge in [-0.15, -0.1) is 10.2 Å². The maximum atomic E-state index is 6.14. The van der Waals surface area contributed by atoms with Gasteiger partial charge in [0.25, 0.3) is 0 Å². The van der Waals surface area contributed by atoms with E-state index >= 15 is 0 Å². The molecule has 1 aliphatic rings. The molecule has 1 aliphatic heterocycles. The van der Waals surface area contributed by atoms with Crippen LogP contribution in [-0.2, 0) is 21.4 Å². The van der Waals surface area contributed by atoms with Crippen LogP contribution in [0.3, 0.4) is 0 Å². The highest BCUT2D eigenvalue weighted by Gasteiger charge is 2.37. The molecule has 0 radical (unpaired) electrons. The van der Waals surface area contributed by atoms with E-state index in [4.69, 9.17) is 21.1 Å². The molecule has 0 amide bonds. The van der Waals surface area contributed by atoms with E-state index in [2.05, 4.69) is 31.0 Å². The fraction of sp³-hybridized carbons (Fsp3) is 0.833. The number of halogens is 1. The second-order valence-electron chi connectivity index (χ2n) is 5.82. The standard InChI is InChI=1S/C12H20ClN3O2/c1-11(2,3)9-14-15-10(13)16(9)7-12(17-4)5-6-18-8-12/h5-8H2,1-4H3. The number of hydrogen-bond donors (Lipinski definition) is 0. The average molecular weight is 274 g/mol. The van der Waals surface area contributed by atoms with Crippen molar-refractivity contribution in [3.05, 3.63) is 11.1 Å². The van der Waals surface area contributed by atoms with Crippen molar-refractivity contribution in [2.24, 2.45) is 0 Å². The molecule has 18 heavy (non-hydrogen) atoms. The molecule has 102 valence electrons. The summed E-state index contributed by atoms with van der Waals surface area (Å²) in [5.41, 5.74) is -0.416. The van der Waals surface area contributed by atoms with Crippen LogP contribution in [0.25, 0.3) is 0 Å². The Hall–Kier alpha value is -0.650. The summed E-state index contributed by atoms with van der Waals surface area (Å²) in [5, 5.41) is 8.56. The fourth-order valence-electron chi connectivity index (χ4n) is 2.21. The molecule has 1 aromatic heterocycles. The third kappa shape index (κ3) is 2.53. The largest absolute Gasteiger partial charge is 0.378 e. The summed E-state index contributed by atoms with van der Waals surface area (Å²) in [5.74, 6) is 0.871. The van der Waals surface area contributed by atoms with Gasteiger partial charge in [-0.05, 0) is 11.6 Å². The topological polar surface area (TPSA) is 49.2 Å². The third-order valence-electron chi connectivity index (χ3n) is 3.32. The van der Waals surface area contributed by atoms with Crippen LogP contribution in [0.2, 0.25) is 5.28 Å². The van der Waals surface area contributed by atoms with Crippen molar-refractivity contribution < 1.29 is 9.47 Å². The highest BCUT2D eigenvalue weighted by Crippen LogP contribution is 2.29. The van der Waals surface area contributed by atoms with E-state index in [-0.39, 0.29) is 11.0 Å². The van der Waals surface area contributed by atoms with Crippen LogP contribution in [0, 0.1) is 0 Å². The minimum atomic E-state index is -0.313. The van der Waals surface area contributed by atoms with E-state index < -0.39 is 0 Å². The monoisotopic (exact) mass is 273 g/mol. The van der Waals surface area contributed by atoms with Crippen LogP contribution in [0.5, 0.6) is 0 Å². The van der Waals surface area contributed by atoms with Gasteiger partial charge in [0.15, 0.2) is 0 Å². The first-order chi connectivity index (χ1) is 8.38. The van der Waals surface area contributed by atoms with Gasteiger partial charge < -0.3 is 9.47 Å². The lowest BCUT2D eigenvalue weighted by atomic mass is 9.95. The molecule has 1 atom stereocenters. The van der Waals surface area contributed by atoms with Gasteiger partial charge in [0.05, 0.1) is 13.2 Å². The Labute approximate surface area is 112 Å². The van der Waals surface area contributed by atoms with E-state index in [9.17, 15) is 0 Å². The van der Waals surface area contributed by atoms with Crippen LogP contribution in [0.4, 0.5) is 0 Å². The Balaban J connectivity index is 2.31. The molecule has 0 bridgehead atoms. The van der Waals surface area contributed by atoms with E-state index in [1.54, 1.807) is 7.11 Å². The molecule has 6 heteroatoms. The van der Waals surface area contributed by atoms with Crippen LogP contribution in [0.1, 0.15) is 33.0 Å². The number of aromatic nitrogens is 3. The molecule has 1 saturated heterocycles. The van der Waals surface area contributed by atoms with Crippen LogP contribution >= 0.6 is 11.6 Å². The van der Waals surface area contributed by atoms with E-state index in [1.165, 1.54) is 0 Å². The molecule has 5 nitrogen and oxygen atoms in total. The SMILES string of the molecule is COC1(Cn2c(Cl)nnc2C(C)(C)C)CCOC1. The van der Waals surface area contributed by atoms with Gasteiger partial charge in [-0.3, -0.25) is 4.57 Å². The number of rotatable bonds is 3. The smallest absolute Gasteiger partial charge is 0.225 e. The quantitative estimate of drug-likeness (QED) is 0.846. The number of methoxy groups -OCH3 is 1. The number of nitrogens with zero attached hydrogens (tertiary/aromatic N) is 3. The van der Waals surface area contributed by atoms with Gasteiger partial charge in [-0.2, -0.15) is 0 Å². The second-order valence-corrected chi connectivity index (χ2v) is 6.16. The van der Waals surface area contributed by atoms with Crippen LogP contribution in [-0.4, -0.2) is 40.7 Å². The third-order valence-corrected chi connectivity index (χ3v) is 3.60. The minimum absolute atomic E-state index is 0.103. The fourth-order valence-corrected chi connectivity index (χ4v) is 2.38. The van der Waals surface area contributed by atoms with Crippen molar-refractivity contribution in [1.82, 2.24) is 14.8 Å². The van der Waals surface area contributed by atoms with Crippen LogP contribution in [0.15, 0.2) is 0 Å². The molecular weight excluding hydrogens is 254 g/mol. The zero-order valence-corrected chi connectivity index (χ0v) is 12.1. The van der Waals surface area contributed by atoms with Crippen molar-refractivity contribution >= 4 is 11.6 Å². The van der Waals surface area contributed by atoms with Crippen molar-refractivity contribution in [3.63, 3.8) is 0 Å². The molecule has 0 spiro atoms. The molecule has 2 heterocycles. The van der Waals surface area contributed by atoms with Gasteiger partial charge in [0, 0.05) is 25.6 Å². The second kappa shape index (κ2) is 4.79. The zero-order chi connectivity index (χ0) is 13.4. The van der Waals surface area contributed by atoms with Crippen LogP contribution < -0.4 is 0 Å². The van der Waals surface area contributed by atoms with Crippen molar-refractivity contribution in [2.45, 2.75) is 44.8 Å². The lowest BCUT2D eigenvalue weighted by Gasteiger charge is -2.28. The first-order valence-electron chi connectivity index (χ1n) is 6.10. The minimum Gasteiger partial charge on any atom is -0.378 e. The molecule has 0 N–H and O–H groups in total. The highest BCUT2D eigenvalue weighted by molar-refractivity contribution is 6.28. The normalized spacial score (nSPS) is 24.7. The summed E-state index contributed by atoms with van der Waals surface area (Å²) in [6.07, 6.45) is 0.863. The predicted octanol–water partition coefficient (Wildman–Crippen LogP) is 2.03. The Bertz CT molecular complexity index is 419. The molecular formula is C12H20ClN3O2. The number of ether oxygens (including phenoxy) is 2. The van der Waals surface area contributed by atoms with Crippen molar-refractivity contribution in [3.8, 4) is 0 Å². The Morgan fingerprint density at radius 2 is 2.17 bits per heavy atom. The van der Waals surface area contributed by atoms with E-state index in [0.717, 1.165) is 18.9 Å². The van der Waals surface area contributed by atoms with Gasteiger partial charge in [0.2, 0.25) is 5.28 Å². The first kappa shape index (κ1) is 13.8. The summed E-state index contributed by atoms with van der Waals surface area (Å²) in [6, 6.07) is 0. The van der Waals surface area contributed by atoms with Gasteiger partial charge in [-0.25, -0.2) is 0 Å². The van der Waals surface area contributed by atoms with Gasteiger partial charge >= 0.3 is 0 Å². The maximum absolute atomic E-state index is 6.14. The lowest BCUT2D eigenvalue weighted by Crippen LogP contribution is -2.38. The van der Waals surface area contributed by atoms with Gasteiger partial charge in [-0.1, -0.05) is 20.8 Å². The Morgan fingerprint density at radius 3 is 2.67 bits per heavy atom. The summed E-state index contributed by atoms with van der Waals surface area (Å²) >= 11 is 6.14. The Kier molecular flexibility index (Phi) is 3.67. The maximum Gasteiger partial charge on any atom is 0.225 e. The summed E-state index contributed by atoms with van der Waals surface area (Å²) in [7, 11) is 1.71. The van der Waals surface area contributed by atoms with E-state index in [0.29, 0.717) is 18.4 Å². The molecule has 0 saturated carbocycles. The molecule has 0 aromatic carbocycles. The van der Waals surface area contributed by atoms with Crippen molar-refractivity contribution in [1.29, 1.82) is 0 Å².